The van der Waals surface area contributed by atoms with Crippen LogP contribution in [-0.2, 0) is 0 Å². The van der Waals surface area contributed by atoms with Crippen molar-refractivity contribution in [3.63, 3.8) is 0 Å². The standard InChI is InChI=1S/C11H11FN2O/c12-10-2-1-3-11(9(10)6-13)14-7-4-8(15)5-7/h1-3,7-8,14-15H,4-5H2. The van der Waals surface area contributed by atoms with Gasteiger partial charge in [-0.05, 0) is 25.0 Å². The van der Waals surface area contributed by atoms with Gasteiger partial charge in [-0.15, -0.1) is 0 Å². The van der Waals surface area contributed by atoms with Gasteiger partial charge in [0, 0.05) is 6.04 Å². The van der Waals surface area contributed by atoms with Gasteiger partial charge in [0.15, 0.2) is 0 Å². The first kappa shape index (κ1) is 9.94. The summed E-state index contributed by atoms with van der Waals surface area (Å²) in [5.74, 6) is -0.512. The molecule has 15 heavy (non-hydrogen) atoms. The van der Waals surface area contributed by atoms with E-state index < -0.39 is 5.82 Å². The van der Waals surface area contributed by atoms with Gasteiger partial charge >= 0.3 is 0 Å². The molecule has 0 spiro atoms. The zero-order valence-electron chi connectivity index (χ0n) is 8.07. The fourth-order valence-corrected chi connectivity index (χ4v) is 1.68. The number of nitrogens with one attached hydrogen (secondary N) is 1. The average molecular weight is 206 g/mol. The van der Waals surface area contributed by atoms with E-state index in [0.29, 0.717) is 18.5 Å². The molecule has 3 nitrogen and oxygen atoms in total. The number of hydrogen-bond donors (Lipinski definition) is 2. The third-order valence-corrected chi connectivity index (χ3v) is 2.60. The molecule has 0 amide bonds. The van der Waals surface area contributed by atoms with Crippen LogP contribution in [0.1, 0.15) is 18.4 Å². The van der Waals surface area contributed by atoms with Crippen molar-refractivity contribution in [2.24, 2.45) is 0 Å². The molecular formula is C11H11FN2O. The van der Waals surface area contributed by atoms with Crippen LogP contribution < -0.4 is 5.32 Å². The van der Waals surface area contributed by atoms with Crippen LogP contribution in [0.4, 0.5) is 10.1 Å². The Bertz CT molecular complexity index is 408. The van der Waals surface area contributed by atoms with Gasteiger partial charge in [-0.3, -0.25) is 0 Å². The van der Waals surface area contributed by atoms with Gasteiger partial charge in [-0.1, -0.05) is 6.07 Å². The van der Waals surface area contributed by atoms with E-state index in [1.165, 1.54) is 6.07 Å². The second-order valence-corrected chi connectivity index (χ2v) is 3.74. The van der Waals surface area contributed by atoms with Gasteiger partial charge in [0.05, 0.1) is 11.8 Å². The number of hydrogen-bond acceptors (Lipinski definition) is 3. The summed E-state index contributed by atoms with van der Waals surface area (Å²) in [5.41, 5.74) is 0.549. The molecule has 0 saturated heterocycles. The number of nitriles is 1. The highest BCUT2D eigenvalue weighted by Gasteiger charge is 2.27. The highest BCUT2D eigenvalue weighted by molar-refractivity contribution is 5.58. The lowest BCUT2D eigenvalue weighted by Crippen LogP contribution is -2.39. The zero-order valence-corrected chi connectivity index (χ0v) is 8.07. The number of rotatable bonds is 2. The Labute approximate surface area is 87.2 Å². The SMILES string of the molecule is N#Cc1c(F)cccc1NC1CC(O)C1. The highest BCUT2D eigenvalue weighted by Crippen LogP contribution is 2.26. The number of benzene rings is 1. The molecule has 1 aliphatic carbocycles. The molecule has 78 valence electrons. The van der Waals surface area contributed by atoms with E-state index in [9.17, 15) is 4.39 Å². The first-order chi connectivity index (χ1) is 7.20. The van der Waals surface area contributed by atoms with Crippen molar-refractivity contribution in [1.82, 2.24) is 0 Å². The molecule has 0 atom stereocenters. The molecule has 0 heterocycles. The number of nitrogens with zero attached hydrogens (tertiary/aromatic N) is 1. The second-order valence-electron chi connectivity index (χ2n) is 3.74. The maximum absolute atomic E-state index is 13.2. The minimum Gasteiger partial charge on any atom is -0.393 e. The molecule has 1 fully saturated rings. The van der Waals surface area contributed by atoms with Crippen molar-refractivity contribution in [2.45, 2.75) is 25.0 Å². The summed E-state index contributed by atoms with van der Waals surface area (Å²) < 4.78 is 13.2. The quantitative estimate of drug-likeness (QED) is 0.773. The lowest BCUT2D eigenvalue weighted by Gasteiger charge is -2.33. The number of anilines is 1. The Kier molecular flexibility index (Phi) is 2.57. The van der Waals surface area contributed by atoms with Crippen molar-refractivity contribution < 1.29 is 9.50 Å². The van der Waals surface area contributed by atoms with E-state index in [1.807, 2.05) is 6.07 Å². The molecule has 0 unspecified atom stereocenters. The lowest BCUT2D eigenvalue weighted by molar-refractivity contribution is 0.0836. The summed E-state index contributed by atoms with van der Waals surface area (Å²) in [7, 11) is 0. The average Bonchev–Trinajstić information content (AvgIpc) is 2.16. The minimum absolute atomic E-state index is 0.0406. The summed E-state index contributed by atoms with van der Waals surface area (Å²) >= 11 is 0. The molecular weight excluding hydrogens is 195 g/mol. The molecule has 2 N–H and O–H groups in total. The molecule has 1 aliphatic rings. The Morgan fingerprint density at radius 2 is 2.20 bits per heavy atom. The fourth-order valence-electron chi connectivity index (χ4n) is 1.68. The Morgan fingerprint density at radius 3 is 2.80 bits per heavy atom. The van der Waals surface area contributed by atoms with Crippen LogP contribution in [0.5, 0.6) is 0 Å². The second kappa shape index (κ2) is 3.87. The van der Waals surface area contributed by atoms with Crippen LogP contribution >= 0.6 is 0 Å². The van der Waals surface area contributed by atoms with E-state index in [0.717, 1.165) is 0 Å². The van der Waals surface area contributed by atoms with Crippen molar-refractivity contribution in [1.29, 1.82) is 5.26 Å². The van der Waals surface area contributed by atoms with E-state index in [4.69, 9.17) is 10.4 Å². The molecule has 0 radical (unpaired) electrons. The third kappa shape index (κ3) is 1.92. The molecule has 1 aromatic carbocycles. The van der Waals surface area contributed by atoms with Gasteiger partial charge in [-0.2, -0.15) is 5.26 Å². The first-order valence-corrected chi connectivity index (χ1v) is 4.84. The first-order valence-electron chi connectivity index (χ1n) is 4.84. The lowest BCUT2D eigenvalue weighted by atomic mass is 9.89. The predicted molar refractivity (Wildman–Crippen MR) is 53.8 cm³/mol. The normalized spacial score (nSPS) is 24.1. The van der Waals surface area contributed by atoms with Crippen LogP contribution in [0.15, 0.2) is 18.2 Å². The van der Waals surface area contributed by atoms with Crippen molar-refractivity contribution in [3.05, 3.63) is 29.6 Å². The van der Waals surface area contributed by atoms with Gasteiger partial charge in [-0.25, -0.2) is 4.39 Å². The van der Waals surface area contributed by atoms with E-state index in [2.05, 4.69) is 5.32 Å². The van der Waals surface area contributed by atoms with Crippen molar-refractivity contribution >= 4 is 5.69 Å². The molecule has 1 saturated carbocycles. The topological polar surface area (TPSA) is 56.0 Å². The molecule has 0 bridgehead atoms. The number of halogens is 1. The van der Waals surface area contributed by atoms with Gasteiger partial charge in [0.2, 0.25) is 0 Å². The molecule has 0 aromatic heterocycles. The summed E-state index contributed by atoms with van der Waals surface area (Å²) in [5, 5.41) is 20.9. The Morgan fingerprint density at radius 1 is 1.47 bits per heavy atom. The summed E-state index contributed by atoms with van der Waals surface area (Å²) in [6.45, 7) is 0. The smallest absolute Gasteiger partial charge is 0.143 e. The Hall–Kier alpha value is -1.60. The van der Waals surface area contributed by atoms with Crippen molar-refractivity contribution in [2.75, 3.05) is 5.32 Å². The summed E-state index contributed by atoms with van der Waals surface area (Å²) in [4.78, 5) is 0. The molecule has 2 rings (SSSR count). The third-order valence-electron chi connectivity index (χ3n) is 2.60. The summed E-state index contributed by atoms with van der Waals surface area (Å²) in [6.07, 6.45) is 1.05. The van der Waals surface area contributed by atoms with Crippen LogP contribution in [0.3, 0.4) is 0 Å². The number of aliphatic hydroxyl groups excluding tert-OH is 1. The van der Waals surface area contributed by atoms with Crippen LogP contribution in [0.2, 0.25) is 0 Å². The van der Waals surface area contributed by atoms with Gasteiger partial charge < -0.3 is 10.4 Å². The van der Waals surface area contributed by atoms with E-state index in [-0.39, 0.29) is 17.7 Å². The Balaban J connectivity index is 2.15. The van der Waals surface area contributed by atoms with Crippen LogP contribution in [-0.4, -0.2) is 17.3 Å². The van der Waals surface area contributed by atoms with Crippen LogP contribution in [0, 0.1) is 17.1 Å². The molecule has 1 aromatic rings. The molecule has 4 heteroatoms. The van der Waals surface area contributed by atoms with Gasteiger partial charge in [0.25, 0.3) is 0 Å². The zero-order chi connectivity index (χ0) is 10.8. The maximum Gasteiger partial charge on any atom is 0.143 e. The number of aliphatic hydroxyl groups is 1. The van der Waals surface area contributed by atoms with Gasteiger partial charge in [0.1, 0.15) is 17.4 Å². The predicted octanol–water partition coefficient (Wildman–Crippen LogP) is 1.63. The van der Waals surface area contributed by atoms with Crippen LogP contribution in [0.25, 0.3) is 0 Å². The minimum atomic E-state index is -0.512. The highest BCUT2D eigenvalue weighted by atomic mass is 19.1. The monoisotopic (exact) mass is 206 g/mol. The fraction of sp³-hybridized carbons (Fsp3) is 0.364. The molecule has 0 aliphatic heterocycles. The van der Waals surface area contributed by atoms with Crippen molar-refractivity contribution in [3.8, 4) is 6.07 Å². The maximum atomic E-state index is 13.2. The van der Waals surface area contributed by atoms with E-state index >= 15 is 0 Å². The van der Waals surface area contributed by atoms with E-state index in [1.54, 1.807) is 12.1 Å². The summed E-state index contributed by atoms with van der Waals surface area (Å²) in [6, 6.07) is 6.48. The largest absolute Gasteiger partial charge is 0.393 e.